The lowest BCUT2D eigenvalue weighted by atomic mass is 10.2. The van der Waals surface area contributed by atoms with Crippen LogP contribution < -0.4 is 4.74 Å². The molecule has 0 aliphatic carbocycles. The van der Waals surface area contributed by atoms with Crippen LogP contribution >= 0.6 is 39.3 Å². The van der Waals surface area contributed by atoms with Gasteiger partial charge in [0.05, 0.1) is 17.5 Å². The van der Waals surface area contributed by atoms with Gasteiger partial charge in [0.25, 0.3) is 0 Å². The quantitative estimate of drug-likeness (QED) is 0.489. The van der Waals surface area contributed by atoms with Gasteiger partial charge in [-0.05, 0) is 33.6 Å². The van der Waals surface area contributed by atoms with Crippen molar-refractivity contribution in [2.24, 2.45) is 7.05 Å². The highest BCUT2D eigenvalue weighted by atomic mass is 79.9. The Hall–Kier alpha value is -1.31. The molecule has 3 aromatic rings. The Morgan fingerprint density at radius 1 is 1.36 bits per heavy atom. The van der Waals surface area contributed by atoms with Crippen molar-refractivity contribution in [3.05, 3.63) is 39.7 Å². The number of aromatic nitrogens is 4. The van der Waals surface area contributed by atoms with Gasteiger partial charge < -0.3 is 4.74 Å². The summed E-state index contributed by atoms with van der Waals surface area (Å²) >= 11 is 11.2. The Kier molecular flexibility index (Phi) is 4.56. The first-order valence-electron chi connectivity index (χ1n) is 6.38. The first-order valence-corrected chi connectivity index (χ1v) is 8.54. The zero-order valence-electron chi connectivity index (χ0n) is 11.9. The van der Waals surface area contributed by atoms with E-state index < -0.39 is 0 Å². The number of rotatable bonds is 4. The molecule has 0 amide bonds. The Balaban J connectivity index is 1.87. The standard InChI is InChI=1S/C14H12BrClN4OS/c1-20-13-11(12(15)19-20)14(18-7-17-13)22-6-8-3-4-10(21-2)9(16)5-8/h3-5,7H,6H2,1-2H3. The van der Waals surface area contributed by atoms with Crippen LogP contribution in [-0.2, 0) is 12.8 Å². The second-order valence-corrected chi connectivity index (χ2v) is 6.67. The summed E-state index contributed by atoms with van der Waals surface area (Å²) in [5.74, 6) is 1.42. The van der Waals surface area contributed by atoms with E-state index >= 15 is 0 Å². The summed E-state index contributed by atoms with van der Waals surface area (Å²) in [5, 5.41) is 6.74. The minimum Gasteiger partial charge on any atom is -0.495 e. The third-order valence-corrected chi connectivity index (χ3v) is 5.05. The fourth-order valence-electron chi connectivity index (χ4n) is 2.08. The number of ether oxygens (including phenoxy) is 1. The van der Waals surface area contributed by atoms with Crippen molar-refractivity contribution in [2.45, 2.75) is 10.8 Å². The molecule has 22 heavy (non-hydrogen) atoms. The molecule has 0 saturated carbocycles. The van der Waals surface area contributed by atoms with Gasteiger partial charge in [-0.25, -0.2) is 14.6 Å². The zero-order valence-corrected chi connectivity index (χ0v) is 15.0. The minimum absolute atomic E-state index is 0.607. The number of aryl methyl sites for hydroxylation is 1. The SMILES string of the molecule is COc1ccc(CSc2ncnc3c2c(Br)nn3C)cc1Cl. The van der Waals surface area contributed by atoms with Crippen molar-refractivity contribution in [3.63, 3.8) is 0 Å². The van der Waals surface area contributed by atoms with Crippen LogP contribution in [-0.4, -0.2) is 26.9 Å². The molecule has 0 aliphatic heterocycles. The van der Waals surface area contributed by atoms with E-state index in [-0.39, 0.29) is 0 Å². The predicted molar refractivity (Wildman–Crippen MR) is 91.6 cm³/mol. The molecule has 0 fully saturated rings. The van der Waals surface area contributed by atoms with Gasteiger partial charge in [0, 0.05) is 12.8 Å². The molecule has 0 spiro atoms. The maximum absolute atomic E-state index is 6.15. The number of fused-ring (bicyclic) bond motifs is 1. The number of thioether (sulfide) groups is 1. The molecule has 0 N–H and O–H groups in total. The van der Waals surface area contributed by atoms with E-state index in [9.17, 15) is 0 Å². The van der Waals surface area contributed by atoms with Gasteiger partial charge in [-0.3, -0.25) is 0 Å². The van der Waals surface area contributed by atoms with Crippen molar-refractivity contribution >= 4 is 50.3 Å². The molecule has 8 heteroatoms. The third-order valence-electron chi connectivity index (χ3n) is 3.13. The van der Waals surface area contributed by atoms with Crippen LogP contribution in [0.2, 0.25) is 5.02 Å². The second-order valence-electron chi connectivity index (χ2n) is 4.55. The summed E-state index contributed by atoms with van der Waals surface area (Å²) in [6.45, 7) is 0. The molecule has 3 rings (SSSR count). The molecule has 2 aromatic heterocycles. The van der Waals surface area contributed by atoms with E-state index in [2.05, 4.69) is 31.0 Å². The second kappa shape index (κ2) is 6.44. The number of hydrogen-bond donors (Lipinski definition) is 0. The number of hydrogen-bond acceptors (Lipinski definition) is 5. The Morgan fingerprint density at radius 3 is 2.91 bits per heavy atom. The van der Waals surface area contributed by atoms with Crippen molar-refractivity contribution in [1.29, 1.82) is 0 Å². The van der Waals surface area contributed by atoms with Crippen molar-refractivity contribution in [3.8, 4) is 5.75 Å². The lowest BCUT2D eigenvalue weighted by Gasteiger charge is -2.06. The van der Waals surface area contributed by atoms with E-state index in [1.54, 1.807) is 29.9 Å². The summed E-state index contributed by atoms with van der Waals surface area (Å²) in [7, 11) is 3.46. The van der Waals surface area contributed by atoms with Crippen LogP contribution in [0.4, 0.5) is 0 Å². The van der Waals surface area contributed by atoms with E-state index in [1.807, 2.05) is 25.2 Å². The van der Waals surface area contributed by atoms with E-state index in [0.29, 0.717) is 10.8 Å². The number of halogens is 2. The zero-order chi connectivity index (χ0) is 15.7. The van der Waals surface area contributed by atoms with Gasteiger partial charge in [0.1, 0.15) is 21.7 Å². The lowest BCUT2D eigenvalue weighted by Crippen LogP contribution is -1.93. The van der Waals surface area contributed by atoms with Crippen LogP contribution in [0.3, 0.4) is 0 Å². The smallest absolute Gasteiger partial charge is 0.163 e. The van der Waals surface area contributed by atoms with Gasteiger partial charge in [0.2, 0.25) is 0 Å². The lowest BCUT2D eigenvalue weighted by molar-refractivity contribution is 0.415. The molecule has 0 unspecified atom stereocenters. The Bertz CT molecular complexity index is 839. The summed E-state index contributed by atoms with van der Waals surface area (Å²) in [6, 6.07) is 5.77. The van der Waals surface area contributed by atoms with E-state index in [1.165, 1.54) is 0 Å². The molecular formula is C14H12BrClN4OS. The van der Waals surface area contributed by atoms with Crippen LogP contribution in [0.1, 0.15) is 5.56 Å². The number of methoxy groups -OCH3 is 1. The first kappa shape index (κ1) is 15.6. The molecular weight excluding hydrogens is 388 g/mol. The predicted octanol–water partition coefficient (Wildman–Crippen LogP) is 4.08. The van der Waals surface area contributed by atoms with Gasteiger partial charge in [-0.2, -0.15) is 5.10 Å². The molecule has 2 heterocycles. The monoisotopic (exact) mass is 398 g/mol. The van der Waals surface area contributed by atoms with Gasteiger partial charge in [-0.15, -0.1) is 11.8 Å². The third kappa shape index (κ3) is 2.93. The van der Waals surface area contributed by atoms with Gasteiger partial charge in [0.15, 0.2) is 5.65 Å². The summed E-state index contributed by atoms with van der Waals surface area (Å²) in [4.78, 5) is 8.63. The van der Waals surface area contributed by atoms with Crippen LogP contribution in [0.15, 0.2) is 34.2 Å². The molecule has 5 nitrogen and oxygen atoms in total. The topological polar surface area (TPSA) is 52.8 Å². The van der Waals surface area contributed by atoms with Crippen molar-refractivity contribution < 1.29 is 4.74 Å². The van der Waals surface area contributed by atoms with Crippen molar-refractivity contribution in [1.82, 2.24) is 19.7 Å². The van der Waals surface area contributed by atoms with Crippen LogP contribution in [0, 0.1) is 0 Å². The van der Waals surface area contributed by atoms with E-state index in [0.717, 1.165) is 32.0 Å². The average Bonchev–Trinajstić information content (AvgIpc) is 2.81. The highest BCUT2D eigenvalue weighted by molar-refractivity contribution is 9.10. The maximum atomic E-state index is 6.15. The van der Waals surface area contributed by atoms with Gasteiger partial charge >= 0.3 is 0 Å². The first-order chi connectivity index (χ1) is 10.6. The van der Waals surface area contributed by atoms with Crippen LogP contribution in [0.25, 0.3) is 11.0 Å². The number of nitrogens with zero attached hydrogens (tertiary/aromatic N) is 4. The fourth-order valence-corrected chi connectivity index (χ4v) is 4.03. The fraction of sp³-hybridized carbons (Fsp3) is 0.214. The number of benzene rings is 1. The van der Waals surface area contributed by atoms with Crippen molar-refractivity contribution in [2.75, 3.05) is 7.11 Å². The molecule has 114 valence electrons. The Labute approximate surface area is 145 Å². The molecule has 0 bridgehead atoms. The summed E-state index contributed by atoms with van der Waals surface area (Å²) in [6.07, 6.45) is 1.56. The largest absolute Gasteiger partial charge is 0.495 e. The maximum Gasteiger partial charge on any atom is 0.163 e. The highest BCUT2D eigenvalue weighted by Crippen LogP contribution is 2.33. The Morgan fingerprint density at radius 2 is 2.18 bits per heavy atom. The molecule has 0 aliphatic rings. The summed E-state index contributed by atoms with van der Waals surface area (Å²) in [5.41, 5.74) is 1.90. The normalized spacial score (nSPS) is 11.1. The molecule has 0 saturated heterocycles. The molecule has 0 radical (unpaired) electrons. The highest BCUT2D eigenvalue weighted by Gasteiger charge is 2.14. The van der Waals surface area contributed by atoms with Crippen LogP contribution in [0.5, 0.6) is 5.75 Å². The molecule has 0 atom stereocenters. The molecule has 1 aromatic carbocycles. The summed E-state index contributed by atoms with van der Waals surface area (Å²) < 4.78 is 7.64. The van der Waals surface area contributed by atoms with E-state index in [4.69, 9.17) is 16.3 Å². The van der Waals surface area contributed by atoms with Gasteiger partial charge in [-0.1, -0.05) is 17.7 Å². The minimum atomic E-state index is 0.607. The average molecular weight is 400 g/mol.